The highest BCUT2D eigenvalue weighted by Crippen LogP contribution is 2.14. The van der Waals surface area contributed by atoms with E-state index in [1.165, 1.54) is 9.36 Å². The van der Waals surface area contributed by atoms with Crippen LogP contribution < -0.4 is 16.6 Å². The molecule has 2 aromatic rings. The molecule has 0 unspecified atom stereocenters. The van der Waals surface area contributed by atoms with E-state index in [0.29, 0.717) is 12.1 Å². The Bertz CT molecular complexity index is 686. The maximum absolute atomic E-state index is 12.5. The molecule has 4 N–H and O–H groups in total. The van der Waals surface area contributed by atoms with Crippen molar-refractivity contribution >= 4 is 11.6 Å². The van der Waals surface area contributed by atoms with Crippen molar-refractivity contribution in [2.24, 2.45) is 7.05 Å². The molecule has 0 aliphatic rings. The number of nitrogen functional groups attached to an aromatic ring is 1. The number of nitrogens with zero attached hydrogens (tertiary/aromatic N) is 2. The second-order valence-corrected chi connectivity index (χ2v) is 4.96. The van der Waals surface area contributed by atoms with Crippen molar-refractivity contribution in [3.05, 3.63) is 46.2 Å². The van der Waals surface area contributed by atoms with E-state index in [4.69, 9.17) is 5.73 Å². The highest BCUT2D eigenvalue weighted by molar-refractivity contribution is 5.99. The van der Waals surface area contributed by atoms with Crippen LogP contribution in [0.15, 0.2) is 35.1 Å². The fourth-order valence-electron chi connectivity index (χ4n) is 2.33. The standard InChI is InChI=1S/C15H20N4O2/c1-17-10-6-9-12(20)13-14(16)18(2)19(15(13)21)11-7-4-3-5-8-11/h3-5,7-8,17H,6,9-10,16H2,1-2H3/p+1. The van der Waals surface area contributed by atoms with Gasteiger partial charge in [-0.3, -0.25) is 14.3 Å². The van der Waals surface area contributed by atoms with Crippen LogP contribution in [0.3, 0.4) is 0 Å². The first-order valence-corrected chi connectivity index (χ1v) is 7.01. The second kappa shape index (κ2) is 6.41. The Hall–Kier alpha value is -2.34. The summed E-state index contributed by atoms with van der Waals surface area (Å²) in [7, 11) is 3.63. The Morgan fingerprint density at radius 3 is 2.57 bits per heavy atom. The minimum atomic E-state index is -0.355. The van der Waals surface area contributed by atoms with E-state index >= 15 is 0 Å². The van der Waals surface area contributed by atoms with Gasteiger partial charge in [-0.2, -0.15) is 0 Å². The third-order valence-electron chi connectivity index (χ3n) is 3.49. The summed E-state index contributed by atoms with van der Waals surface area (Å²) in [5.74, 6) is 0.0268. The number of benzene rings is 1. The van der Waals surface area contributed by atoms with Gasteiger partial charge in [0.25, 0.3) is 5.56 Å². The number of anilines is 1. The van der Waals surface area contributed by atoms with Crippen LogP contribution in [0.25, 0.3) is 5.69 Å². The van der Waals surface area contributed by atoms with Crippen molar-refractivity contribution in [3.63, 3.8) is 0 Å². The SMILES string of the molecule is C[NH2+]CCCC(=O)c1c(N)n(C)n(-c2ccccc2)c1=O. The summed E-state index contributed by atoms with van der Waals surface area (Å²) in [4.78, 5) is 24.8. The van der Waals surface area contributed by atoms with Crippen LogP contribution in [0.2, 0.25) is 0 Å². The minimum Gasteiger partial charge on any atom is -0.383 e. The van der Waals surface area contributed by atoms with Gasteiger partial charge in [-0.15, -0.1) is 0 Å². The Balaban J connectivity index is 2.42. The number of ketones is 1. The molecule has 0 aliphatic heterocycles. The molecule has 0 spiro atoms. The topological polar surface area (TPSA) is 86.6 Å². The fourth-order valence-corrected chi connectivity index (χ4v) is 2.33. The van der Waals surface area contributed by atoms with E-state index in [2.05, 4.69) is 0 Å². The predicted octanol–water partition coefficient (Wildman–Crippen LogP) is -0.0857. The molecular weight excluding hydrogens is 268 g/mol. The van der Waals surface area contributed by atoms with Gasteiger partial charge in [0.1, 0.15) is 11.4 Å². The molecule has 1 aromatic carbocycles. The summed E-state index contributed by atoms with van der Waals surface area (Å²) in [5, 5.41) is 2.00. The molecule has 1 heterocycles. The van der Waals surface area contributed by atoms with Gasteiger partial charge in [0.2, 0.25) is 0 Å². The lowest BCUT2D eigenvalue weighted by Crippen LogP contribution is -2.79. The predicted molar refractivity (Wildman–Crippen MR) is 81.7 cm³/mol. The molecule has 112 valence electrons. The van der Waals surface area contributed by atoms with Crippen molar-refractivity contribution in [2.45, 2.75) is 12.8 Å². The van der Waals surface area contributed by atoms with Crippen molar-refractivity contribution < 1.29 is 10.1 Å². The van der Waals surface area contributed by atoms with Gasteiger partial charge < -0.3 is 11.1 Å². The fraction of sp³-hybridized carbons (Fsp3) is 0.333. The van der Waals surface area contributed by atoms with Crippen molar-refractivity contribution in [3.8, 4) is 5.69 Å². The van der Waals surface area contributed by atoms with Crippen LogP contribution in [0.1, 0.15) is 23.2 Å². The molecule has 0 aliphatic carbocycles. The van der Waals surface area contributed by atoms with Gasteiger partial charge in [-0.05, 0) is 12.1 Å². The summed E-state index contributed by atoms with van der Waals surface area (Å²) in [5.41, 5.74) is 6.39. The molecule has 0 radical (unpaired) electrons. The maximum Gasteiger partial charge on any atom is 0.284 e. The van der Waals surface area contributed by atoms with Gasteiger partial charge in [0.15, 0.2) is 5.78 Å². The molecule has 0 fully saturated rings. The monoisotopic (exact) mass is 289 g/mol. The number of para-hydroxylation sites is 1. The third-order valence-corrected chi connectivity index (χ3v) is 3.49. The number of Topliss-reactive ketones (excluding diaryl/α,β-unsaturated/α-hetero) is 1. The number of rotatable bonds is 6. The zero-order valence-corrected chi connectivity index (χ0v) is 12.4. The van der Waals surface area contributed by atoms with E-state index in [1.54, 1.807) is 19.2 Å². The Labute approximate surface area is 123 Å². The average Bonchev–Trinajstić information content (AvgIpc) is 2.70. The van der Waals surface area contributed by atoms with Crippen molar-refractivity contribution in [1.82, 2.24) is 9.36 Å². The third kappa shape index (κ3) is 2.90. The highest BCUT2D eigenvalue weighted by atomic mass is 16.2. The zero-order valence-electron chi connectivity index (χ0n) is 12.4. The number of carbonyl (C=O) groups is 1. The van der Waals surface area contributed by atoms with E-state index in [-0.39, 0.29) is 22.7 Å². The molecule has 6 heteroatoms. The van der Waals surface area contributed by atoms with E-state index in [0.717, 1.165) is 13.0 Å². The zero-order chi connectivity index (χ0) is 15.4. The Morgan fingerprint density at radius 1 is 1.29 bits per heavy atom. The molecule has 2 rings (SSSR count). The summed E-state index contributed by atoms with van der Waals surface area (Å²) >= 11 is 0. The van der Waals surface area contributed by atoms with E-state index in [9.17, 15) is 9.59 Å². The first-order chi connectivity index (χ1) is 10.1. The lowest BCUT2D eigenvalue weighted by Gasteiger charge is -2.07. The summed E-state index contributed by atoms with van der Waals surface area (Å²) < 4.78 is 2.95. The largest absolute Gasteiger partial charge is 0.383 e. The summed E-state index contributed by atoms with van der Waals surface area (Å²) in [6, 6.07) is 9.16. The lowest BCUT2D eigenvalue weighted by atomic mass is 10.1. The van der Waals surface area contributed by atoms with E-state index < -0.39 is 0 Å². The molecule has 0 amide bonds. The van der Waals surface area contributed by atoms with E-state index in [1.807, 2.05) is 30.6 Å². The van der Waals surface area contributed by atoms with Crippen molar-refractivity contribution in [1.29, 1.82) is 0 Å². The molecule has 0 saturated heterocycles. The number of hydrogen-bond acceptors (Lipinski definition) is 3. The minimum absolute atomic E-state index is 0.0949. The van der Waals surface area contributed by atoms with Crippen LogP contribution in [0, 0.1) is 0 Å². The van der Waals surface area contributed by atoms with Gasteiger partial charge in [-0.1, -0.05) is 18.2 Å². The molecule has 21 heavy (non-hydrogen) atoms. The van der Waals surface area contributed by atoms with Crippen LogP contribution in [0.5, 0.6) is 0 Å². The Kier molecular flexibility index (Phi) is 4.59. The molecule has 1 aromatic heterocycles. The maximum atomic E-state index is 12.5. The normalized spacial score (nSPS) is 10.8. The van der Waals surface area contributed by atoms with Crippen LogP contribution in [-0.4, -0.2) is 28.7 Å². The highest BCUT2D eigenvalue weighted by Gasteiger charge is 2.22. The summed E-state index contributed by atoms with van der Waals surface area (Å²) in [6.45, 7) is 0.853. The first-order valence-electron chi connectivity index (χ1n) is 7.01. The number of quaternary nitrogens is 1. The quantitative estimate of drug-likeness (QED) is 0.576. The smallest absolute Gasteiger partial charge is 0.284 e. The Morgan fingerprint density at radius 2 is 1.95 bits per heavy atom. The van der Waals surface area contributed by atoms with Gasteiger partial charge in [0, 0.05) is 19.9 Å². The van der Waals surface area contributed by atoms with Crippen molar-refractivity contribution in [2.75, 3.05) is 19.3 Å². The van der Waals surface area contributed by atoms with Crippen LogP contribution in [0.4, 0.5) is 5.82 Å². The van der Waals surface area contributed by atoms with Gasteiger partial charge in [0.05, 0.1) is 19.3 Å². The number of hydrogen-bond donors (Lipinski definition) is 2. The van der Waals surface area contributed by atoms with Gasteiger partial charge >= 0.3 is 0 Å². The second-order valence-electron chi connectivity index (χ2n) is 4.96. The van der Waals surface area contributed by atoms with Crippen LogP contribution >= 0.6 is 0 Å². The summed E-state index contributed by atoms with van der Waals surface area (Å²) in [6.07, 6.45) is 1.07. The first kappa shape index (κ1) is 15.1. The number of aromatic nitrogens is 2. The molecular formula is C15H21N4O2+. The molecule has 0 atom stereocenters. The number of nitrogens with two attached hydrogens (primary N) is 2. The van der Waals surface area contributed by atoms with Crippen LogP contribution in [-0.2, 0) is 7.05 Å². The lowest BCUT2D eigenvalue weighted by molar-refractivity contribution is -0.627. The molecule has 0 bridgehead atoms. The molecule has 0 saturated carbocycles. The van der Waals surface area contributed by atoms with Gasteiger partial charge in [-0.25, -0.2) is 4.68 Å². The average molecular weight is 289 g/mol. The number of carbonyl (C=O) groups excluding carboxylic acids is 1. The molecule has 6 nitrogen and oxygen atoms in total.